The van der Waals surface area contributed by atoms with Gasteiger partial charge in [0, 0.05) is 0 Å². The van der Waals surface area contributed by atoms with Crippen LogP contribution >= 0.6 is 0 Å². The molecule has 1 aromatic heterocycles. The average Bonchev–Trinajstić information content (AvgIpc) is 2.47. The van der Waals surface area contributed by atoms with Crippen molar-refractivity contribution in [3.05, 3.63) is 52.1 Å². The first-order valence-electron chi connectivity index (χ1n) is 5.94. The number of aromatic nitrogens is 1. The van der Waals surface area contributed by atoms with Crippen molar-refractivity contribution in [3.63, 3.8) is 0 Å². The number of nitrogens with zero attached hydrogens (tertiary/aromatic N) is 2. The van der Waals surface area contributed by atoms with Gasteiger partial charge >= 0.3 is 126 Å². The van der Waals surface area contributed by atoms with Crippen molar-refractivity contribution in [1.82, 2.24) is 4.98 Å². The van der Waals surface area contributed by atoms with Crippen LogP contribution in [0, 0.1) is 10.1 Å². The van der Waals surface area contributed by atoms with Crippen LogP contribution in [0.5, 0.6) is 0 Å². The molecule has 0 bridgehead atoms. The molecule has 0 atom stereocenters. The number of hydrogen-bond acceptors (Lipinski definition) is 5. The normalized spacial score (nSPS) is 10.3. The monoisotopic (exact) mass is 379 g/mol. The maximum absolute atomic E-state index is 11.0. The first kappa shape index (κ1) is 14.7. The third-order valence-corrected chi connectivity index (χ3v) is 4.98. The van der Waals surface area contributed by atoms with E-state index in [-0.39, 0.29) is 18.1 Å². The summed E-state index contributed by atoms with van der Waals surface area (Å²) in [5.74, 6) is 0.270. The number of rotatable bonds is 5. The van der Waals surface area contributed by atoms with E-state index in [9.17, 15) is 10.1 Å². The van der Waals surface area contributed by atoms with Gasteiger partial charge in [-0.2, -0.15) is 0 Å². The molecule has 0 aliphatic carbocycles. The molecule has 2 N–H and O–H groups in total. The molecule has 102 valence electrons. The van der Waals surface area contributed by atoms with Crippen LogP contribution in [0.25, 0.3) is 0 Å². The molecule has 7 heteroatoms. The molecule has 20 heavy (non-hydrogen) atoms. The Kier molecular flexibility index (Phi) is 4.91. The van der Waals surface area contributed by atoms with Gasteiger partial charge in [0.25, 0.3) is 0 Å². The Morgan fingerprint density at radius 1 is 1.30 bits per heavy atom. The number of hydrogen-bond donors (Lipinski definition) is 2. The Morgan fingerprint density at radius 3 is 2.55 bits per heavy atom. The van der Waals surface area contributed by atoms with E-state index >= 15 is 0 Å². The van der Waals surface area contributed by atoms with Gasteiger partial charge in [0.1, 0.15) is 0 Å². The van der Waals surface area contributed by atoms with E-state index in [4.69, 9.17) is 5.11 Å². The van der Waals surface area contributed by atoms with Gasteiger partial charge in [-0.05, 0) is 0 Å². The Hall–Kier alpha value is -1.67. The van der Waals surface area contributed by atoms with Crippen molar-refractivity contribution in [1.29, 1.82) is 0 Å². The topological polar surface area (TPSA) is 88.3 Å². The average molecular weight is 378 g/mol. The van der Waals surface area contributed by atoms with E-state index in [0.717, 1.165) is 9.27 Å². The zero-order valence-electron chi connectivity index (χ0n) is 10.8. The molecule has 0 unspecified atom stereocenters. The first-order chi connectivity index (χ1) is 9.63. The third-order valence-electron chi connectivity index (χ3n) is 2.73. The summed E-state index contributed by atoms with van der Waals surface area (Å²) in [6, 6.07) is 10.3. The van der Waals surface area contributed by atoms with E-state index in [1.54, 1.807) is 30.3 Å². The second-order valence-electron chi connectivity index (χ2n) is 4.05. The van der Waals surface area contributed by atoms with Gasteiger partial charge < -0.3 is 0 Å². The second kappa shape index (κ2) is 6.67. The van der Waals surface area contributed by atoms with Crippen LogP contribution in [-0.2, 0) is 6.61 Å². The second-order valence-corrected chi connectivity index (χ2v) is 6.94. The molecule has 0 saturated carbocycles. The number of aliphatic hydroxyl groups excluding tert-OH is 1. The van der Waals surface area contributed by atoms with E-state index in [2.05, 4.69) is 15.2 Å². The predicted molar refractivity (Wildman–Crippen MR) is 77.8 cm³/mol. The molecule has 0 amide bonds. The van der Waals surface area contributed by atoms with Gasteiger partial charge in [0.15, 0.2) is 0 Å². The van der Waals surface area contributed by atoms with Gasteiger partial charge in [-0.15, -0.1) is 0 Å². The van der Waals surface area contributed by atoms with Crippen LogP contribution in [0.4, 0.5) is 17.2 Å². The van der Waals surface area contributed by atoms with Gasteiger partial charge in [-0.1, -0.05) is 0 Å². The van der Waals surface area contributed by atoms with Crippen molar-refractivity contribution in [2.75, 3.05) is 5.32 Å². The summed E-state index contributed by atoms with van der Waals surface area (Å²) in [5, 5.41) is 23.0. The Labute approximate surface area is 126 Å². The molecule has 0 aliphatic heterocycles. The molecule has 0 spiro atoms. The van der Waals surface area contributed by atoms with Gasteiger partial charge in [-0.3, -0.25) is 0 Å². The fourth-order valence-electron chi connectivity index (χ4n) is 1.66. The Bertz CT molecular complexity index is 617. The van der Waals surface area contributed by atoms with Crippen LogP contribution in [0.15, 0.2) is 36.4 Å². The molecule has 6 nitrogen and oxygen atoms in total. The van der Waals surface area contributed by atoms with Crippen LogP contribution < -0.4 is 9.03 Å². The summed E-state index contributed by atoms with van der Waals surface area (Å²) in [4.78, 5) is 17.0. The van der Waals surface area contributed by atoms with Crippen LogP contribution in [0.3, 0.4) is 0 Å². The molecule has 2 radical (unpaired) electrons. The number of pyridine rings is 1. The summed E-state index contributed by atoms with van der Waals surface area (Å²) in [6.07, 6.45) is 0. The quantitative estimate of drug-likeness (QED) is 0.469. The fraction of sp³-hybridized carbons (Fsp3) is 0.154. The zero-order valence-corrected chi connectivity index (χ0v) is 13.7. The number of nitro groups is 1. The predicted octanol–water partition coefficient (Wildman–Crippen LogP) is 1.60. The van der Waals surface area contributed by atoms with Gasteiger partial charge in [0.2, 0.25) is 0 Å². The molecule has 1 aromatic carbocycles. The van der Waals surface area contributed by atoms with Gasteiger partial charge in [-0.25, -0.2) is 0 Å². The zero-order chi connectivity index (χ0) is 14.5. The van der Waals surface area contributed by atoms with Crippen LogP contribution in [-0.4, -0.2) is 36.2 Å². The van der Waals surface area contributed by atoms with E-state index < -0.39 is 26.1 Å². The van der Waals surface area contributed by atoms with E-state index in [1.807, 2.05) is 0 Å². The third kappa shape index (κ3) is 3.45. The maximum atomic E-state index is 11.0. The standard InChI is InChI=1S/C12H10N3O3.CH3.Sn/c16-8-9-3-5-10(6-4-9)14-12-11(15(17)18)2-1-7-13-12;;/h1-6,16H,8H2,(H,13,14);1H3;. The van der Waals surface area contributed by atoms with Crippen molar-refractivity contribution >= 4 is 42.0 Å². The van der Waals surface area contributed by atoms with Crippen LogP contribution in [0.2, 0.25) is 4.94 Å². The van der Waals surface area contributed by atoms with Crippen molar-refractivity contribution < 1.29 is 10.0 Å². The molecule has 0 aliphatic rings. The molecule has 0 saturated heterocycles. The number of aliphatic hydroxyl groups is 1. The number of anilines is 2. The number of benzene rings is 1. The van der Waals surface area contributed by atoms with Crippen molar-refractivity contribution in [2.45, 2.75) is 11.5 Å². The van der Waals surface area contributed by atoms with Crippen LogP contribution in [0.1, 0.15) is 5.56 Å². The minimum absolute atomic E-state index is 0.0309. The minimum atomic E-state index is -0.741. The van der Waals surface area contributed by atoms with Crippen molar-refractivity contribution in [3.8, 4) is 0 Å². The van der Waals surface area contributed by atoms with Crippen molar-refractivity contribution in [2.24, 2.45) is 0 Å². The Morgan fingerprint density at radius 2 is 2.00 bits per heavy atom. The first-order valence-corrected chi connectivity index (χ1v) is 10.2. The van der Waals surface area contributed by atoms with Gasteiger partial charge in [0.05, 0.1) is 0 Å². The van der Waals surface area contributed by atoms with E-state index in [1.165, 1.54) is 6.07 Å². The molecular weight excluding hydrogens is 365 g/mol. The molecule has 2 aromatic rings. The van der Waals surface area contributed by atoms with E-state index in [0.29, 0.717) is 5.69 Å². The summed E-state index contributed by atoms with van der Waals surface area (Å²) in [6.45, 7) is -0.0309. The fourth-order valence-corrected chi connectivity index (χ4v) is 3.01. The molecule has 0 fully saturated rings. The summed E-state index contributed by atoms with van der Waals surface area (Å²) < 4.78 is 0.952. The molecule has 2 rings (SSSR count). The molecule has 1 heterocycles. The molecular formula is C13H13N3O3Sn. The summed E-state index contributed by atoms with van der Waals surface area (Å²) in [7, 11) is 0. The Balaban J connectivity index is 2.32. The summed E-state index contributed by atoms with van der Waals surface area (Å²) >= 11 is -0.741. The number of nitrogens with one attached hydrogen (secondary N) is 1. The summed E-state index contributed by atoms with van der Waals surface area (Å²) in [5.41, 5.74) is 1.46. The SMILES string of the molecule is [CH3][Sn][c]1ccc([N+](=O)[O-])c(Nc2ccc(CO)cc2)n1.